The Hall–Kier alpha value is -1.38. The lowest BCUT2D eigenvalue weighted by Crippen LogP contribution is -2.08. The molecular weight excluding hydrogens is 255 g/mol. The fraction of sp³-hybridized carbons (Fsp3) is 0.588. The molecule has 0 atom stereocenters. The van der Waals surface area contributed by atoms with Crippen molar-refractivity contribution in [1.82, 2.24) is 0 Å². The molecular formula is C17H25FO2. The van der Waals surface area contributed by atoms with Crippen molar-refractivity contribution < 1.29 is 14.3 Å². The molecule has 1 N–H and O–H groups in total. The highest BCUT2D eigenvalue weighted by atomic mass is 19.1. The highest BCUT2D eigenvalue weighted by Crippen LogP contribution is 2.31. The average Bonchev–Trinajstić information content (AvgIpc) is 2.46. The van der Waals surface area contributed by atoms with E-state index in [9.17, 15) is 9.18 Å². The lowest BCUT2D eigenvalue weighted by atomic mass is 9.84. The number of hydrogen-bond acceptors (Lipinski definition) is 1. The minimum atomic E-state index is -0.997. The minimum absolute atomic E-state index is 0.194. The van der Waals surface area contributed by atoms with Crippen molar-refractivity contribution in [1.29, 1.82) is 0 Å². The molecule has 3 heteroatoms. The summed E-state index contributed by atoms with van der Waals surface area (Å²) >= 11 is 0. The molecule has 0 saturated heterocycles. The van der Waals surface area contributed by atoms with E-state index in [0.717, 1.165) is 36.8 Å². The highest BCUT2D eigenvalue weighted by Gasteiger charge is 2.17. The van der Waals surface area contributed by atoms with Gasteiger partial charge in [-0.3, -0.25) is 0 Å². The van der Waals surface area contributed by atoms with E-state index in [1.54, 1.807) is 6.92 Å². The van der Waals surface area contributed by atoms with Crippen LogP contribution >= 0.6 is 0 Å². The quantitative estimate of drug-likeness (QED) is 0.556. The fourth-order valence-corrected chi connectivity index (χ4v) is 2.61. The molecule has 0 aliphatic heterocycles. The average molecular weight is 280 g/mol. The molecule has 0 unspecified atom stereocenters. The molecule has 0 radical (unpaired) electrons. The van der Waals surface area contributed by atoms with Gasteiger partial charge in [0.2, 0.25) is 0 Å². The molecule has 1 aliphatic rings. The van der Waals surface area contributed by atoms with Gasteiger partial charge in [0.1, 0.15) is 5.83 Å². The van der Waals surface area contributed by atoms with E-state index in [1.807, 2.05) is 13.8 Å². The van der Waals surface area contributed by atoms with Crippen molar-refractivity contribution >= 4 is 5.97 Å². The van der Waals surface area contributed by atoms with E-state index in [2.05, 4.69) is 0 Å². The van der Waals surface area contributed by atoms with Gasteiger partial charge < -0.3 is 5.11 Å². The van der Waals surface area contributed by atoms with Crippen LogP contribution in [0.5, 0.6) is 0 Å². The zero-order valence-electron chi connectivity index (χ0n) is 12.7. The Kier molecular flexibility index (Phi) is 6.69. The molecule has 20 heavy (non-hydrogen) atoms. The second kappa shape index (κ2) is 8.03. The van der Waals surface area contributed by atoms with E-state index in [0.29, 0.717) is 12.3 Å². The van der Waals surface area contributed by atoms with E-state index in [4.69, 9.17) is 5.11 Å². The molecule has 0 aromatic rings. The molecule has 112 valence electrons. The summed E-state index contributed by atoms with van der Waals surface area (Å²) in [5.74, 6) is -0.957. The van der Waals surface area contributed by atoms with E-state index in [-0.39, 0.29) is 11.4 Å². The second-order valence-corrected chi connectivity index (χ2v) is 5.55. The van der Waals surface area contributed by atoms with Crippen molar-refractivity contribution in [3.05, 3.63) is 34.7 Å². The minimum Gasteiger partial charge on any atom is -0.478 e. The highest BCUT2D eigenvalue weighted by molar-refractivity contribution is 5.90. The van der Waals surface area contributed by atoms with Crippen LogP contribution < -0.4 is 0 Å². The summed E-state index contributed by atoms with van der Waals surface area (Å²) in [4.78, 5) is 11.1. The zero-order valence-corrected chi connectivity index (χ0v) is 12.7. The van der Waals surface area contributed by atoms with Gasteiger partial charge in [0.05, 0.1) is 5.57 Å². The molecule has 0 heterocycles. The summed E-state index contributed by atoms with van der Waals surface area (Å²) in [7, 11) is 0. The first-order valence-electron chi connectivity index (χ1n) is 7.44. The van der Waals surface area contributed by atoms with E-state index in [1.165, 1.54) is 18.6 Å². The molecule has 0 spiro atoms. The number of hydrogen-bond donors (Lipinski definition) is 1. The molecule has 1 fully saturated rings. The normalized spacial score (nSPS) is 19.8. The largest absolute Gasteiger partial charge is 0.478 e. The molecule has 1 saturated carbocycles. The summed E-state index contributed by atoms with van der Waals surface area (Å²) in [6.45, 7) is 5.49. The van der Waals surface area contributed by atoms with Crippen LogP contribution in [0.25, 0.3) is 0 Å². The molecule has 0 aromatic carbocycles. The summed E-state index contributed by atoms with van der Waals surface area (Å²) < 4.78 is 14.1. The Morgan fingerprint density at radius 1 is 1.20 bits per heavy atom. The lowest BCUT2D eigenvalue weighted by Gasteiger charge is -2.22. The van der Waals surface area contributed by atoms with Crippen LogP contribution in [0.2, 0.25) is 0 Å². The van der Waals surface area contributed by atoms with E-state index >= 15 is 0 Å². The van der Waals surface area contributed by atoms with Crippen LogP contribution in [0, 0.1) is 5.92 Å². The second-order valence-electron chi connectivity index (χ2n) is 5.55. The van der Waals surface area contributed by atoms with Gasteiger partial charge in [0.25, 0.3) is 0 Å². The third-order valence-electron chi connectivity index (χ3n) is 4.21. The number of halogens is 1. The van der Waals surface area contributed by atoms with Crippen LogP contribution in [0.3, 0.4) is 0 Å². The molecule has 0 aromatic heterocycles. The summed E-state index contributed by atoms with van der Waals surface area (Å²) in [6, 6.07) is 0. The van der Waals surface area contributed by atoms with Crippen molar-refractivity contribution in [2.45, 2.75) is 59.3 Å². The SMILES string of the molecule is CCC(C)=C(C=CC(F)=C(C)C1CCCCC1)C(=O)O. The Bertz CT molecular complexity index is 438. The summed E-state index contributed by atoms with van der Waals surface area (Å²) in [6.07, 6.45) is 9.00. The number of carboxylic acid groups (broad SMARTS) is 1. The van der Waals surface area contributed by atoms with Gasteiger partial charge >= 0.3 is 5.97 Å². The van der Waals surface area contributed by atoms with Gasteiger partial charge in [-0.05, 0) is 56.8 Å². The van der Waals surface area contributed by atoms with Gasteiger partial charge in [-0.25, -0.2) is 9.18 Å². The standard InChI is InChI=1S/C17H25FO2/c1-4-12(2)15(17(19)20)10-11-16(18)13(3)14-8-6-5-7-9-14/h10-11,14H,4-9H2,1-3H3,(H,19,20). The number of carboxylic acids is 1. The molecule has 0 amide bonds. The van der Waals surface area contributed by atoms with Crippen LogP contribution in [-0.4, -0.2) is 11.1 Å². The number of rotatable bonds is 5. The lowest BCUT2D eigenvalue weighted by molar-refractivity contribution is -0.132. The Morgan fingerprint density at radius 2 is 1.80 bits per heavy atom. The van der Waals surface area contributed by atoms with Crippen LogP contribution in [-0.2, 0) is 4.79 Å². The summed E-state index contributed by atoms with van der Waals surface area (Å²) in [5, 5.41) is 9.13. The molecule has 1 rings (SSSR count). The number of aliphatic carboxylic acids is 1. The van der Waals surface area contributed by atoms with E-state index < -0.39 is 5.97 Å². The fourth-order valence-electron chi connectivity index (χ4n) is 2.61. The first kappa shape index (κ1) is 16.7. The van der Waals surface area contributed by atoms with Crippen molar-refractivity contribution in [3.63, 3.8) is 0 Å². The van der Waals surface area contributed by atoms with Crippen molar-refractivity contribution in [2.24, 2.45) is 5.92 Å². The first-order valence-corrected chi connectivity index (χ1v) is 7.44. The summed E-state index contributed by atoms with van der Waals surface area (Å²) in [5.41, 5.74) is 1.72. The van der Waals surface area contributed by atoms with Gasteiger partial charge in [-0.15, -0.1) is 0 Å². The Labute approximate surface area is 121 Å². The molecule has 2 nitrogen and oxygen atoms in total. The maximum atomic E-state index is 14.1. The molecule has 1 aliphatic carbocycles. The third kappa shape index (κ3) is 4.62. The Balaban J connectivity index is 2.88. The zero-order chi connectivity index (χ0) is 15.1. The van der Waals surface area contributed by atoms with Crippen LogP contribution in [0.4, 0.5) is 4.39 Å². The number of allylic oxidation sites excluding steroid dienone is 4. The van der Waals surface area contributed by atoms with Gasteiger partial charge in [-0.2, -0.15) is 0 Å². The predicted molar refractivity (Wildman–Crippen MR) is 80.1 cm³/mol. The monoisotopic (exact) mass is 280 g/mol. The third-order valence-corrected chi connectivity index (χ3v) is 4.21. The van der Waals surface area contributed by atoms with Crippen LogP contribution in [0.1, 0.15) is 59.3 Å². The van der Waals surface area contributed by atoms with Gasteiger partial charge in [0, 0.05) is 0 Å². The van der Waals surface area contributed by atoms with Crippen molar-refractivity contribution in [2.75, 3.05) is 0 Å². The smallest absolute Gasteiger partial charge is 0.335 e. The maximum Gasteiger partial charge on any atom is 0.335 e. The maximum absolute atomic E-state index is 14.1. The van der Waals surface area contributed by atoms with Crippen LogP contribution in [0.15, 0.2) is 34.7 Å². The van der Waals surface area contributed by atoms with Gasteiger partial charge in [0.15, 0.2) is 0 Å². The predicted octanol–water partition coefficient (Wildman–Crippen LogP) is 5.18. The van der Waals surface area contributed by atoms with Gasteiger partial charge in [-0.1, -0.05) is 31.8 Å². The number of carbonyl (C=O) groups is 1. The Morgan fingerprint density at radius 3 is 2.30 bits per heavy atom. The first-order chi connectivity index (χ1) is 9.47. The topological polar surface area (TPSA) is 37.3 Å². The van der Waals surface area contributed by atoms with Crippen molar-refractivity contribution in [3.8, 4) is 0 Å². The molecule has 0 bridgehead atoms.